The number of carbonyl (C=O) groups excluding carboxylic acids is 1. The topological polar surface area (TPSA) is 52.0 Å². The van der Waals surface area contributed by atoms with Crippen molar-refractivity contribution >= 4 is 16.8 Å². The van der Waals surface area contributed by atoms with E-state index in [0.717, 1.165) is 42.6 Å². The zero-order valence-electron chi connectivity index (χ0n) is 21.3. The van der Waals surface area contributed by atoms with Gasteiger partial charge >= 0.3 is 0 Å². The van der Waals surface area contributed by atoms with Crippen LogP contribution in [0.15, 0.2) is 42.6 Å². The van der Waals surface area contributed by atoms with E-state index in [4.69, 9.17) is 0 Å². The number of nitrogens with zero attached hydrogens (tertiary/aromatic N) is 4. The lowest BCUT2D eigenvalue weighted by atomic mass is 9.93. The number of likely N-dealkylation sites (N-methyl/N-ethyl adjacent to an activating group) is 1. The van der Waals surface area contributed by atoms with E-state index in [1.165, 1.54) is 10.9 Å². The van der Waals surface area contributed by atoms with Gasteiger partial charge in [0.1, 0.15) is 5.82 Å². The molecule has 0 spiro atoms. The fourth-order valence-corrected chi connectivity index (χ4v) is 6.83. The van der Waals surface area contributed by atoms with Crippen LogP contribution in [0.2, 0.25) is 0 Å². The number of likely N-dealkylation sites (tertiary alicyclic amines) is 2. The van der Waals surface area contributed by atoms with Crippen molar-refractivity contribution in [1.29, 1.82) is 0 Å². The maximum atomic E-state index is 14.8. The molecule has 1 aromatic heterocycles. The molecule has 0 saturated carbocycles. The molecular formula is C29H35FN4O2. The molecular weight excluding hydrogens is 455 g/mol. The Morgan fingerprint density at radius 3 is 2.69 bits per heavy atom. The van der Waals surface area contributed by atoms with Crippen LogP contribution in [0.5, 0.6) is 0 Å². The van der Waals surface area contributed by atoms with Crippen LogP contribution in [-0.4, -0.2) is 82.7 Å². The van der Waals surface area contributed by atoms with Crippen LogP contribution in [0.4, 0.5) is 4.39 Å². The second kappa shape index (κ2) is 8.98. The third-order valence-corrected chi connectivity index (χ3v) is 8.70. The summed E-state index contributed by atoms with van der Waals surface area (Å²) in [7, 11) is 6.31. The molecule has 1 N–H and O–H groups in total. The number of rotatable bonds is 4. The second-order valence-electron chi connectivity index (χ2n) is 11.1. The minimum Gasteiger partial charge on any atom is -0.391 e. The number of aryl methyl sites for hydroxylation is 2. The molecule has 190 valence electrons. The number of carbonyl (C=O) groups is 1. The Bertz CT molecular complexity index is 1320. The minimum atomic E-state index is -0.423. The number of β-amino-alcohol motifs (C(OH)–C–C–N with tert-alkyl or cyclic N) is 1. The number of hydrogen-bond donors (Lipinski definition) is 1. The van der Waals surface area contributed by atoms with Crippen molar-refractivity contribution in [2.24, 2.45) is 7.05 Å². The average molecular weight is 491 g/mol. The van der Waals surface area contributed by atoms with Gasteiger partial charge in [-0.1, -0.05) is 18.2 Å². The van der Waals surface area contributed by atoms with Gasteiger partial charge in [0.2, 0.25) is 0 Å². The van der Waals surface area contributed by atoms with Crippen molar-refractivity contribution in [2.45, 2.75) is 43.4 Å². The van der Waals surface area contributed by atoms with Gasteiger partial charge in [-0.05, 0) is 62.7 Å². The highest BCUT2D eigenvalue weighted by Crippen LogP contribution is 2.43. The van der Waals surface area contributed by atoms with Crippen LogP contribution >= 0.6 is 0 Å². The lowest BCUT2D eigenvalue weighted by molar-refractivity contribution is 0.0765. The van der Waals surface area contributed by atoms with E-state index in [1.807, 2.05) is 25.2 Å². The number of halogens is 1. The Hall–Kier alpha value is -2.74. The number of aromatic nitrogens is 1. The fraction of sp³-hybridized carbons (Fsp3) is 0.483. The van der Waals surface area contributed by atoms with Crippen molar-refractivity contribution in [1.82, 2.24) is 19.3 Å². The molecule has 2 saturated heterocycles. The molecule has 6 rings (SSSR count). The van der Waals surface area contributed by atoms with Crippen LogP contribution in [0, 0.1) is 5.82 Å². The molecule has 0 bridgehead atoms. The van der Waals surface area contributed by atoms with Crippen molar-refractivity contribution in [3.63, 3.8) is 0 Å². The number of amides is 1. The molecule has 3 aromatic rings. The number of hydrogen-bond acceptors (Lipinski definition) is 4. The fourth-order valence-electron chi connectivity index (χ4n) is 6.83. The Balaban J connectivity index is 1.32. The summed E-state index contributed by atoms with van der Waals surface area (Å²) in [5, 5.41) is 11.0. The summed E-state index contributed by atoms with van der Waals surface area (Å²) < 4.78 is 17.0. The van der Waals surface area contributed by atoms with E-state index >= 15 is 0 Å². The van der Waals surface area contributed by atoms with Crippen molar-refractivity contribution in [3.8, 4) is 0 Å². The monoisotopic (exact) mass is 490 g/mol. The van der Waals surface area contributed by atoms with E-state index < -0.39 is 6.10 Å². The van der Waals surface area contributed by atoms with Crippen molar-refractivity contribution in [2.75, 3.05) is 40.3 Å². The summed E-state index contributed by atoms with van der Waals surface area (Å²) in [5.74, 6) is 0.193. The number of aliphatic hydroxyl groups excluding tert-OH is 1. The predicted molar refractivity (Wildman–Crippen MR) is 139 cm³/mol. The molecule has 0 radical (unpaired) electrons. The smallest absolute Gasteiger partial charge is 0.254 e. The normalized spacial score (nSPS) is 26.4. The molecule has 4 atom stereocenters. The first-order valence-corrected chi connectivity index (χ1v) is 13.1. The third kappa shape index (κ3) is 3.85. The minimum absolute atomic E-state index is 0.0173. The lowest BCUT2D eigenvalue weighted by Crippen LogP contribution is -2.35. The SMILES string of the molecule is CN(C)[C@H]1CN(C2CCc3cccc(F)c32)C[C@@H]1c1cn(C)c2cc(C(=O)N3CC[C@@H](O)C3)ccc12. The zero-order chi connectivity index (χ0) is 25.1. The molecule has 6 nitrogen and oxygen atoms in total. The van der Waals surface area contributed by atoms with Crippen LogP contribution in [0.25, 0.3) is 10.9 Å². The van der Waals surface area contributed by atoms with Gasteiger partial charge in [-0.25, -0.2) is 4.39 Å². The van der Waals surface area contributed by atoms with Gasteiger partial charge in [-0.2, -0.15) is 0 Å². The maximum absolute atomic E-state index is 14.8. The van der Waals surface area contributed by atoms with E-state index in [2.05, 4.69) is 46.8 Å². The van der Waals surface area contributed by atoms with Crippen LogP contribution in [0.1, 0.15) is 51.8 Å². The highest BCUT2D eigenvalue weighted by molar-refractivity contribution is 5.99. The molecule has 1 amide bonds. The largest absolute Gasteiger partial charge is 0.391 e. The Kier molecular flexibility index (Phi) is 5.90. The maximum Gasteiger partial charge on any atom is 0.254 e. The first-order chi connectivity index (χ1) is 17.3. The van der Waals surface area contributed by atoms with E-state index in [9.17, 15) is 14.3 Å². The van der Waals surface area contributed by atoms with Crippen LogP contribution in [-0.2, 0) is 13.5 Å². The number of fused-ring (bicyclic) bond motifs is 2. The molecule has 3 aliphatic rings. The second-order valence-corrected chi connectivity index (χ2v) is 11.1. The molecule has 2 aliphatic heterocycles. The molecule has 1 aliphatic carbocycles. The summed E-state index contributed by atoms with van der Waals surface area (Å²) in [4.78, 5) is 19.6. The van der Waals surface area contributed by atoms with Crippen molar-refractivity contribution < 1.29 is 14.3 Å². The van der Waals surface area contributed by atoms with Crippen LogP contribution in [0.3, 0.4) is 0 Å². The van der Waals surface area contributed by atoms with Gasteiger partial charge in [-0.15, -0.1) is 0 Å². The van der Waals surface area contributed by atoms with Crippen molar-refractivity contribution in [3.05, 3.63) is 70.7 Å². The molecule has 7 heteroatoms. The molecule has 1 unspecified atom stereocenters. The Morgan fingerprint density at radius 1 is 1.11 bits per heavy atom. The summed E-state index contributed by atoms with van der Waals surface area (Å²) in [6, 6.07) is 12.0. The molecule has 2 aromatic carbocycles. The quantitative estimate of drug-likeness (QED) is 0.608. The number of benzene rings is 2. The van der Waals surface area contributed by atoms with Gasteiger partial charge < -0.3 is 19.5 Å². The lowest BCUT2D eigenvalue weighted by Gasteiger charge is -2.26. The van der Waals surface area contributed by atoms with E-state index in [-0.39, 0.29) is 23.7 Å². The standard InChI is InChI=1S/C29H35FN4O2/c1-31(2)27-17-34(25-10-8-18-5-4-6-24(30)28(18)25)16-23(27)22-15-32(3)26-13-19(7-9-21(22)26)29(36)33-12-11-20(35)14-33/h4-7,9,13,15,20,23,25,27,35H,8,10-12,14,16-17H2,1-3H3/t20-,23-,25?,27+/m1/s1. The molecule has 36 heavy (non-hydrogen) atoms. The summed E-state index contributed by atoms with van der Waals surface area (Å²) in [6.45, 7) is 2.79. The Morgan fingerprint density at radius 2 is 1.94 bits per heavy atom. The summed E-state index contributed by atoms with van der Waals surface area (Å²) >= 11 is 0. The van der Waals surface area contributed by atoms with Gasteiger partial charge in [0.05, 0.1) is 6.10 Å². The molecule has 3 heterocycles. The first kappa shape index (κ1) is 23.6. The van der Waals surface area contributed by atoms with Crippen LogP contribution < -0.4 is 0 Å². The molecule has 2 fully saturated rings. The van der Waals surface area contributed by atoms with Gasteiger partial charge in [0.15, 0.2) is 0 Å². The van der Waals surface area contributed by atoms with Gasteiger partial charge in [0.25, 0.3) is 5.91 Å². The predicted octanol–water partition coefficient (Wildman–Crippen LogP) is 3.54. The highest BCUT2D eigenvalue weighted by Gasteiger charge is 2.42. The van der Waals surface area contributed by atoms with E-state index in [0.29, 0.717) is 31.1 Å². The van der Waals surface area contributed by atoms with Gasteiger partial charge in [-0.3, -0.25) is 9.69 Å². The summed E-state index contributed by atoms with van der Waals surface area (Å²) in [5.41, 5.74) is 5.04. The first-order valence-electron chi connectivity index (χ1n) is 13.1. The summed E-state index contributed by atoms with van der Waals surface area (Å²) in [6.07, 6.45) is 4.33. The third-order valence-electron chi connectivity index (χ3n) is 8.70. The number of aliphatic hydroxyl groups is 1. The van der Waals surface area contributed by atoms with Gasteiger partial charge in [0, 0.05) is 79.5 Å². The van der Waals surface area contributed by atoms with E-state index in [1.54, 1.807) is 11.0 Å². The highest BCUT2D eigenvalue weighted by atomic mass is 19.1. The zero-order valence-corrected chi connectivity index (χ0v) is 21.3. The average Bonchev–Trinajstić information content (AvgIpc) is 3.63. The Labute approximate surface area is 211 Å².